The lowest BCUT2D eigenvalue weighted by Crippen LogP contribution is -2.55. The molecule has 2 saturated heterocycles. The van der Waals surface area contributed by atoms with Crippen LogP contribution >= 0.6 is 12.2 Å². The zero-order chi connectivity index (χ0) is 27.1. The number of aromatic nitrogens is 2. The van der Waals surface area contributed by atoms with Gasteiger partial charge in [0.2, 0.25) is 5.88 Å². The molecule has 2 aromatic rings. The van der Waals surface area contributed by atoms with Crippen LogP contribution < -0.4 is 14.5 Å². The summed E-state index contributed by atoms with van der Waals surface area (Å²) in [6, 6.07) is 5.65. The van der Waals surface area contributed by atoms with Crippen LogP contribution in [-0.4, -0.2) is 57.2 Å². The third-order valence-corrected chi connectivity index (χ3v) is 7.62. The molecule has 1 saturated carbocycles. The van der Waals surface area contributed by atoms with Crippen molar-refractivity contribution in [2.24, 2.45) is 0 Å². The molecule has 0 unspecified atom stereocenters. The lowest BCUT2D eigenvalue weighted by Gasteiger charge is -2.42. The fourth-order valence-electron chi connectivity index (χ4n) is 5.15. The lowest BCUT2D eigenvalue weighted by molar-refractivity contribution is -0.138. The molecule has 1 aliphatic carbocycles. The van der Waals surface area contributed by atoms with Gasteiger partial charge in [0, 0.05) is 19.2 Å². The highest BCUT2D eigenvalue weighted by molar-refractivity contribution is 7.81. The summed E-state index contributed by atoms with van der Waals surface area (Å²) in [7, 11) is 0. The van der Waals surface area contributed by atoms with E-state index in [1.54, 1.807) is 23.2 Å². The van der Waals surface area contributed by atoms with Crippen LogP contribution in [0.25, 0.3) is 0 Å². The first kappa shape index (κ1) is 25.9. The highest BCUT2D eigenvalue weighted by Crippen LogP contribution is 2.48. The van der Waals surface area contributed by atoms with Gasteiger partial charge in [-0.05, 0) is 56.5 Å². The van der Waals surface area contributed by atoms with Crippen molar-refractivity contribution in [2.75, 3.05) is 29.4 Å². The van der Waals surface area contributed by atoms with Gasteiger partial charge in [0.1, 0.15) is 17.7 Å². The molecule has 3 fully saturated rings. The summed E-state index contributed by atoms with van der Waals surface area (Å²) in [5.41, 5.74) is -2.58. The summed E-state index contributed by atoms with van der Waals surface area (Å²) in [6.07, 6.45) is 6.61. The maximum Gasteiger partial charge on any atom is 0.419 e. The van der Waals surface area contributed by atoms with Gasteiger partial charge in [-0.1, -0.05) is 5.92 Å². The van der Waals surface area contributed by atoms with Crippen LogP contribution in [0.1, 0.15) is 43.4 Å². The predicted molar refractivity (Wildman–Crippen MR) is 136 cm³/mol. The number of nitrogens with zero attached hydrogens (tertiary/aromatic N) is 6. The number of amides is 1. The van der Waals surface area contributed by atoms with Crippen molar-refractivity contribution in [1.82, 2.24) is 14.9 Å². The molecule has 0 bridgehead atoms. The van der Waals surface area contributed by atoms with E-state index in [2.05, 4.69) is 20.8 Å². The number of likely N-dealkylation sites (tertiary alicyclic amines) is 1. The summed E-state index contributed by atoms with van der Waals surface area (Å²) in [4.78, 5) is 26.6. The Morgan fingerprint density at radius 1 is 1.18 bits per heavy atom. The fourth-order valence-corrected chi connectivity index (χ4v) is 5.62. The predicted octanol–water partition coefficient (Wildman–Crippen LogP) is 3.90. The molecule has 8 nitrogen and oxygen atoms in total. The molecule has 2 aromatic heterocycles. The maximum absolute atomic E-state index is 13.6. The number of rotatable bonds is 5. The second-order valence-electron chi connectivity index (χ2n) is 9.50. The Labute approximate surface area is 223 Å². The van der Waals surface area contributed by atoms with Crippen LogP contribution in [0.2, 0.25) is 0 Å². The van der Waals surface area contributed by atoms with Crippen LogP contribution in [0.15, 0.2) is 30.6 Å². The molecule has 4 heterocycles. The maximum atomic E-state index is 13.6. The van der Waals surface area contributed by atoms with Gasteiger partial charge in [-0.2, -0.15) is 18.4 Å². The van der Waals surface area contributed by atoms with Crippen molar-refractivity contribution in [1.29, 1.82) is 5.26 Å². The molecule has 1 spiro atoms. The first-order chi connectivity index (χ1) is 18.2. The molecule has 5 rings (SSSR count). The van der Waals surface area contributed by atoms with E-state index >= 15 is 0 Å². The number of piperidine rings is 1. The number of hydrogen-bond donors (Lipinski definition) is 0. The Hall–Kier alpha value is -3.74. The second kappa shape index (κ2) is 9.86. The Kier molecular flexibility index (Phi) is 6.72. The van der Waals surface area contributed by atoms with Crippen molar-refractivity contribution < 1.29 is 22.7 Å². The SMILES string of the molecule is C#CCN1CCC(Oc2ccc(N3C(=S)N(c4cnc(C#N)c(C(F)(F)F)c4)C(=O)C34CCC4)cn2)CC1. The first-order valence-corrected chi connectivity index (χ1v) is 12.5. The lowest BCUT2D eigenvalue weighted by atomic mass is 9.75. The highest BCUT2D eigenvalue weighted by atomic mass is 32.1. The summed E-state index contributed by atoms with van der Waals surface area (Å²) >= 11 is 5.63. The fraction of sp³-hybridized carbons (Fsp3) is 0.423. The van der Waals surface area contributed by atoms with E-state index in [9.17, 15) is 18.0 Å². The van der Waals surface area contributed by atoms with E-state index in [1.165, 1.54) is 6.07 Å². The minimum atomic E-state index is -4.82. The number of carbonyl (C=O) groups is 1. The molecule has 38 heavy (non-hydrogen) atoms. The zero-order valence-corrected chi connectivity index (χ0v) is 21.1. The van der Waals surface area contributed by atoms with Gasteiger partial charge >= 0.3 is 6.18 Å². The van der Waals surface area contributed by atoms with Crippen LogP contribution in [0.3, 0.4) is 0 Å². The van der Waals surface area contributed by atoms with Crippen molar-refractivity contribution in [3.05, 3.63) is 41.9 Å². The van der Waals surface area contributed by atoms with E-state index in [4.69, 9.17) is 28.6 Å². The number of ether oxygens (including phenoxy) is 1. The normalized spacial score (nSPS) is 19.8. The van der Waals surface area contributed by atoms with Crippen LogP contribution in [-0.2, 0) is 11.0 Å². The molecule has 0 atom stereocenters. The van der Waals surface area contributed by atoms with E-state index < -0.39 is 28.9 Å². The third-order valence-electron chi connectivity index (χ3n) is 7.25. The average molecular weight is 541 g/mol. The number of carbonyl (C=O) groups excluding carboxylic acids is 1. The van der Waals surface area contributed by atoms with Gasteiger partial charge < -0.3 is 9.64 Å². The molecule has 0 N–H and O–H groups in total. The smallest absolute Gasteiger partial charge is 0.419 e. The standard InChI is InChI=1S/C26H23F3N6O2S/c1-2-10-33-11-6-19(7-12-33)37-22-5-4-17(15-32-22)35-24(38)34(23(36)25(35)8-3-9-25)18-13-20(26(27,28)29)21(14-30)31-16-18/h1,4-5,13,15-16,19H,3,6-12H2. The molecule has 12 heteroatoms. The molecular weight excluding hydrogens is 517 g/mol. The van der Waals surface area contributed by atoms with Gasteiger partial charge in [0.05, 0.1) is 35.9 Å². The van der Waals surface area contributed by atoms with Crippen LogP contribution in [0.5, 0.6) is 5.88 Å². The van der Waals surface area contributed by atoms with Gasteiger partial charge in [0.15, 0.2) is 10.8 Å². The van der Waals surface area contributed by atoms with Crippen molar-refractivity contribution in [3.63, 3.8) is 0 Å². The van der Waals surface area contributed by atoms with Crippen molar-refractivity contribution in [2.45, 2.75) is 49.9 Å². The number of terminal acetylenes is 1. The van der Waals surface area contributed by atoms with Crippen molar-refractivity contribution in [3.8, 4) is 24.3 Å². The Morgan fingerprint density at radius 2 is 1.89 bits per heavy atom. The zero-order valence-electron chi connectivity index (χ0n) is 20.2. The summed E-state index contributed by atoms with van der Waals surface area (Å²) in [5, 5.41) is 9.10. The first-order valence-electron chi connectivity index (χ1n) is 12.1. The molecule has 1 amide bonds. The minimum Gasteiger partial charge on any atom is -0.474 e. The Bertz CT molecular complexity index is 1340. The summed E-state index contributed by atoms with van der Waals surface area (Å²) < 4.78 is 46.7. The van der Waals surface area contributed by atoms with Crippen LogP contribution in [0.4, 0.5) is 24.5 Å². The van der Waals surface area contributed by atoms with E-state index in [-0.39, 0.29) is 16.9 Å². The number of anilines is 2. The number of thiocarbonyl (C=S) groups is 1. The average Bonchev–Trinajstić information content (AvgIpc) is 3.11. The molecule has 0 radical (unpaired) electrons. The number of pyridine rings is 2. The monoisotopic (exact) mass is 540 g/mol. The second-order valence-corrected chi connectivity index (χ2v) is 9.86. The summed E-state index contributed by atoms with van der Waals surface area (Å²) in [5.74, 6) is 2.66. The quantitative estimate of drug-likeness (QED) is 0.417. The van der Waals surface area contributed by atoms with Gasteiger partial charge in [-0.3, -0.25) is 14.6 Å². The van der Waals surface area contributed by atoms with E-state index in [1.807, 2.05) is 0 Å². The van der Waals surface area contributed by atoms with Gasteiger partial charge in [0.25, 0.3) is 5.91 Å². The topological polar surface area (TPSA) is 85.6 Å². The third kappa shape index (κ3) is 4.44. The van der Waals surface area contributed by atoms with Crippen molar-refractivity contribution >= 4 is 34.6 Å². The largest absolute Gasteiger partial charge is 0.474 e. The minimum absolute atomic E-state index is 0.0111. The Balaban J connectivity index is 1.38. The van der Waals surface area contributed by atoms with Crippen LogP contribution in [0, 0.1) is 23.7 Å². The highest BCUT2D eigenvalue weighted by Gasteiger charge is 2.60. The van der Waals surface area contributed by atoms with Gasteiger partial charge in [-0.25, -0.2) is 9.97 Å². The number of hydrogen-bond acceptors (Lipinski definition) is 7. The molecule has 2 aliphatic heterocycles. The number of alkyl halides is 3. The Morgan fingerprint density at radius 3 is 2.45 bits per heavy atom. The van der Waals surface area contributed by atoms with E-state index in [0.29, 0.717) is 31.0 Å². The molecule has 196 valence electrons. The summed E-state index contributed by atoms with van der Waals surface area (Å²) in [6.45, 7) is 2.30. The molecule has 3 aliphatic rings. The number of halogens is 3. The molecule has 0 aromatic carbocycles. The molecular formula is C26H23F3N6O2S. The van der Waals surface area contributed by atoms with Gasteiger partial charge in [-0.15, -0.1) is 6.42 Å². The van der Waals surface area contributed by atoms with E-state index in [0.717, 1.165) is 49.5 Å². The number of nitriles is 1.